The minimum atomic E-state index is -1.72. The molecule has 1 fully saturated rings. The fraction of sp³-hybridized carbons (Fsp3) is 0.321. The molecule has 390 valence electrons. The number of hydrogen-bond donors (Lipinski definition) is 2. The van der Waals surface area contributed by atoms with E-state index in [1.807, 2.05) is 6.07 Å². The van der Waals surface area contributed by atoms with Crippen LogP contribution in [0.4, 0.5) is 21.5 Å². The normalized spacial score (nSPS) is 21.0. The molecule has 1 saturated carbocycles. The maximum Gasteiger partial charge on any atom is 0.273 e. The number of aliphatic hydroxyl groups is 2. The standard InChI is InChI=1S/C56H56FN5O13/c1-2-30-72-56-52(59(35-38-12-19-41(57)20-13-38)53(65)27-18-37-14-21-42(22-15-37)60(66)67)34-50(58-73-36-39-16-23-43(24-17-39)61(68)69)48-31-40(8-3-5-28-63)47(11-4-6-29-64)54(55(48)56)49-33-46(25-26-51(49)75-56)74-45-10-7-9-44(32-45)62(70)71/h2,7,9-10,12-27,31-33,40,47,52,54-55,63-64H,1,3-6,8,11,28-30,34-36H2. The van der Waals surface area contributed by atoms with E-state index < -0.39 is 50.2 Å². The van der Waals surface area contributed by atoms with Gasteiger partial charge in [-0.25, -0.2) is 4.39 Å². The highest BCUT2D eigenvalue weighted by molar-refractivity contribution is 6.03. The summed E-state index contributed by atoms with van der Waals surface area (Å²) in [6.45, 7) is 3.73. The van der Waals surface area contributed by atoms with Gasteiger partial charge in [0.2, 0.25) is 11.7 Å². The highest BCUT2D eigenvalue weighted by atomic mass is 19.1. The number of non-ortho nitro benzene ring substituents is 3. The molecule has 5 aromatic carbocycles. The molecule has 6 unspecified atom stereocenters. The maximum absolute atomic E-state index is 15.2. The number of carbonyl (C=O) groups excluding carboxylic acids is 1. The fourth-order valence-electron chi connectivity index (χ4n) is 10.5. The molecule has 3 aliphatic rings. The van der Waals surface area contributed by atoms with E-state index in [-0.39, 0.29) is 74.0 Å². The maximum atomic E-state index is 15.2. The van der Waals surface area contributed by atoms with Crippen molar-refractivity contribution in [2.24, 2.45) is 22.9 Å². The van der Waals surface area contributed by atoms with Gasteiger partial charge in [0.15, 0.2) is 0 Å². The zero-order chi connectivity index (χ0) is 53.1. The number of nitro benzene ring substituents is 3. The minimum absolute atomic E-state index is 0.0144. The highest BCUT2D eigenvalue weighted by Crippen LogP contribution is 2.62. The van der Waals surface area contributed by atoms with E-state index in [4.69, 9.17) is 24.2 Å². The second-order valence-corrected chi connectivity index (χ2v) is 18.6. The third kappa shape index (κ3) is 12.3. The Bertz CT molecular complexity index is 2970. The summed E-state index contributed by atoms with van der Waals surface area (Å²) in [5.41, 5.74) is 3.15. The van der Waals surface area contributed by atoms with Gasteiger partial charge in [-0.3, -0.25) is 35.1 Å². The minimum Gasteiger partial charge on any atom is -0.459 e. The number of nitrogens with zero attached hydrogens (tertiary/aromatic N) is 5. The van der Waals surface area contributed by atoms with Crippen molar-refractivity contribution in [2.45, 2.75) is 75.8 Å². The summed E-state index contributed by atoms with van der Waals surface area (Å²) in [4.78, 5) is 56.2. The van der Waals surface area contributed by atoms with Crippen LogP contribution in [0.2, 0.25) is 0 Å². The molecule has 0 radical (unpaired) electrons. The van der Waals surface area contributed by atoms with Crippen LogP contribution in [0.5, 0.6) is 17.2 Å². The molecule has 6 atom stereocenters. The molecule has 8 rings (SSSR count). The molecule has 5 aromatic rings. The van der Waals surface area contributed by atoms with Crippen molar-refractivity contribution in [3.63, 3.8) is 0 Å². The molecule has 0 bridgehead atoms. The van der Waals surface area contributed by atoms with Crippen LogP contribution in [0.3, 0.4) is 0 Å². The lowest BCUT2D eigenvalue weighted by Gasteiger charge is -2.60. The monoisotopic (exact) mass is 1030 g/mol. The number of benzene rings is 5. The van der Waals surface area contributed by atoms with Gasteiger partial charge in [0, 0.05) is 74.1 Å². The number of nitro groups is 3. The second-order valence-electron chi connectivity index (χ2n) is 18.6. The Morgan fingerprint density at radius 3 is 2.13 bits per heavy atom. The SMILES string of the molecule is C=CCOC12Oc3ccc(Oc4cccc([N+](=O)[O-])c4)cc3C3C(CCCCO)C(CCCCO)C=C(C(=NOCc4ccc([N+](=O)[O-])cc4)CC1N(Cc1ccc(F)cc1)C(=O)C=Cc1ccc([N+](=O)[O-])cc1)C32. The first-order valence-corrected chi connectivity index (χ1v) is 24.7. The molecule has 1 amide bonds. The summed E-state index contributed by atoms with van der Waals surface area (Å²) in [6, 6.07) is 27.4. The topological polar surface area (TPSA) is 239 Å². The average Bonchev–Trinajstić information content (AvgIpc) is 3.41. The third-order valence-electron chi connectivity index (χ3n) is 13.9. The Kier molecular flexibility index (Phi) is 17.2. The summed E-state index contributed by atoms with van der Waals surface area (Å²) in [6.07, 6.45) is 10.2. The first-order valence-electron chi connectivity index (χ1n) is 24.7. The van der Waals surface area contributed by atoms with Crippen LogP contribution < -0.4 is 9.47 Å². The molecule has 1 heterocycles. The first kappa shape index (κ1) is 53.2. The summed E-state index contributed by atoms with van der Waals surface area (Å²) in [5, 5.41) is 59.6. The van der Waals surface area contributed by atoms with Crippen LogP contribution >= 0.6 is 0 Å². The van der Waals surface area contributed by atoms with Gasteiger partial charge in [-0.05, 0) is 127 Å². The van der Waals surface area contributed by atoms with Crippen LogP contribution in [-0.4, -0.2) is 73.2 Å². The molecule has 1 aliphatic heterocycles. The van der Waals surface area contributed by atoms with Gasteiger partial charge in [-0.15, -0.1) is 6.58 Å². The van der Waals surface area contributed by atoms with Gasteiger partial charge in [0.1, 0.15) is 35.7 Å². The molecular formula is C56H56FN5O13. The molecule has 19 heteroatoms. The Balaban J connectivity index is 1.34. The number of carbonyl (C=O) groups is 1. The predicted molar refractivity (Wildman–Crippen MR) is 275 cm³/mol. The molecule has 0 spiro atoms. The molecule has 2 N–H and O–H groups in total. The van der Waals surface area contributed by atoms with Gasteiger partial charge in [-0.1, -0.05) is 48.3 Å². The van der Waals surface area contributed by atoms with Crippen molar-refractivity contribution < 1.29 is 53.2 Å². The Hall–Kier alpha value is -8.13. The zero-order valence-corrected chi connectivity index (χ0v) is 40.9. The zero-order valence-electron chi connectivity index (χ0n) is 40.9. The summed E-state index contributed by atoms with van der Waals surface area (Å²) in [5.74, 6) is -3.33. The Labute approximate surface area is 431 Å². The fourth-order valence-corrected chi connectivity index (χ4v) is 10.5. The number of amides is 1. The largest absolute Gasteiger partial charge is 0.459 e. The van der Waals surface area contributed by atoms with Crippen molar-refractivity contribution in [1.82, 2.24) is 4.90 Å². The Morgan fingerprint density at radius 2 is 1.47 bits per heavy atom. The average molecular weight is 1030 g/mol. The van der Waals surface area contributed by atoms with Crippen LogP contribution in [0, 0.1) is 53.9 Å². The van der Waals surface area contributed by atoms with E-state index in [9.17, 15) is 44.9 Å². The smallest absolute Gasteiger partial charge is 0.273 e. The summed E-state index contributed by atoms with van der Waals surface area (Å²) < 4.78 is 35.3. The summed E-state index contributed by atoms with van der Waals surface area (Å²) in [7, 11) is 0. The van der Waals surface area contributed by atoms with Crippen molar-refractivity contribution in [3.05, 3.63) is 204 Å². The number of rotatable bonds is 24. The number of unbranched alkanes of at least 4 members (excludes halogenated alkanes) is 2. The molecule has 0 aromatic heterocycles. The van der Waals surface area contributed by atoms with E-state index in [0.29, 0.717) is 83.6 Å². The van der Waals surface area contributed by atoms with Gasteiger partial charge in [0.25, 0.3) is 17.1 Å². The number of fused-ring (bicyclic) bond motifs is 2. The number of hydrogen-bond acceptors (Lipinski definition) is 14. The first-order chi connectivity index (χ1) is 36.3. The van der Waals surface area contributed by atoms with Crippen molar-refractivity contribution in [3.8, 4) is 17.2 Å². The lowest BCUT2D eigenvalue weighted by Crippen LogP contribution is -2.70. The molecule has 18 nitrogen and oxygen atoms in total. The van der Waals surface area contributed by atoms with Gasteiger partial charge in [-0.2, -0.15) is 0 Å². The van der Waals surface area contributed by atoms with E-state index in [2.05, 4.69) is 12.7 Å². The summed E-state index contributed by atoms with van der Waals surface area (Å²) >= 11 is 0. The molecule has 2 aliphatic carbocycles. The lowest BCUT2D eigenvalue weighted by atomic mass is 9.55. The van der Waals surface area contributed by atoms with Gasteiger partial charge < -0.3 is 34.2 Å². The van der Waals surface area contributed by atoms with Crippen LogP contribution in [0.1, 0.15) is 73.1 Å². The second kappa shape index (κ2) is 24.3. The number of allylic oxidation sites excluding steroid dienone is 1. The third-order valence-corrected chi connectivity index (χ3v) is 13.9. The number of halogens is 1. The highest BCUT2D eigenvalue weighted by Gasteiger charge is 2.65. The molecule has 0 saturated heterocycles. The van der Waals surface area contributed by atoms with Crippen LogP contribution in [0.15, 0.2) is 151 Å². The quantitative estimate of drug-likeness (QED) is 0.0192. The Morgan fingerprint density at radius 1 is 0.813 bits per heavy atom. The van der Waals surface area contributed by atoms with Crippen molar-refractivity contribution in [1.29, 1.82) is 0 Å². The number of ether oxygens (including phenoxy) is 3. The molecule has 75 heavy (non-hydrogen) atoms. The van der Waals surface area contributed by atoms with E-state index in [0.717, 1.165) is 0 Å². The van der Waals surface area contributed by atoms with E-state index in [1.165, 1.54) is 78.9 Å². The van der Waals surface area contributed by atoms with E-state index >= 15 is 4.79 Å². The number of aliphatic hydroxyl groups excluding tert-OH is 2. The van der Waals surface area contributed by atoms with Crippen molar-refractivity contribution >= 4 is 34.8 Å². The number of oxime groups is 1. The lowest BCUT2D eigenvalue weighted by molar-refractivity contribution is -0.385. The van der Waals surface area contributed by atoms with Gasteiger partial charge >= 0.3 is 0 Å². The predicted octanol–water partition coefficient (Wildman–Crippen LogP) is 10.9. The van der Waals surface area contributed by atoms with Crippen LogP contribution in [-0.2, 0) is 27.5 Å². The molecular weight excluding hydrogens is 970 g/mol. The van der Waals surface area contributed by atoms with E-state index in [1.54, 1.807) is 53.4 Å². The van der Waals surface area contributed by atoms with Crippen molar-refractivity contribution in [2.75, 3.05) is 19.8 Å². The van der Waals surface area contributed by atoms with Crippen LogP contribution in [0.25, 0.3) is 6.08 Å². The van der Waals surface area contributed by atoms with Gasteiger partial charge in [0.05, 0.1) is 39.1 Å².